The van der Waals surface area contributed by atoms with Gasteiger partial charge in [-0.2, -0.15) is 0 Å². The molecule has 0 bridgehead atoms. The molecule has 2 fully saturated rings. The number of hydrogen-bond acceptors (Lipinski definition) is 5. The Morgan fingerprint density at radius 3 is 2.61 bits per heavy atom. The van der Waals surface area contributed by atoms with E-state index in [-0.39, 0.29) is 17.7 Å². The number of amides is 2. The van der Waals surface area contributed by atoms with Gasteiger partial charge >= 0.3 is 0 Å². The zero-order chi connectivity index (χ0) is 19.6. The van der Waals surface area contributed by atoms with Crippen molar-refractivity contribution in [3.63, 3.8) is 0 Å². The SMILES string of the molecule is O=C(Nc1nncs1)[C@@H]1CCCN(C(=O)C2(c3ccc(Cl)cc3)CCCC2)C1. The van der Waals surface area contributed by atoms with E-state index in [1.165, 1.54) is 11.3 Å². The van der Waals surface area contributed by atoms with Crippen LogP contribution in [0.25, 0.3) is 0 Å². The molecule has 1 aliphatic carbocycles. The van der Waals surface area contributed by atoms with E-state index in [0.717, 1.165) is 44.1 Å². The van der Waals surface area contributed by atoms with Crippen molar-refractivity contribution in [2.75, 3.05) is 18.4 Å². The van der Waals surface area contributed by atoms with E-state index in [9.17, 15) is 9.59 Å². The number of benzene rings is 1. The van der Waals surface area contributed by atoms with E-state index in [1.807, 2.05) is 29.2 Å². The van der Waals surface area contributed by atoms with Crippen LogP contribution in [0.2, 0.25) is 5.02 Å². The number of nitrogens with one attached hydrogen (secondary N) is 1. The van der Waals surface area contributed by atoms with Crippen LogP contribution in [0.4, 0.5) is 5.13 Å². The first kappa shape index (κ1) is 19.3. The van der Waals surface area contributed by atoms with Crippen LogP contribution in [0, 0.1) is 5.92 Å². The van der Waals surface area contributed by atoms with Gasteiger partial charge in [-0.1, -0.05) is 47.9 Å². The topological polar surface area (TPSA) is 75.2 Å². The fourth-order valence-corrected chi connectivity index (χ4v) is 5.06. The Morgan fingerprint density at radius 1 is 1.18 bits per heavy atom. The predicted molar refractivity (Wildman–Crippen MR) is 109 cm³/mol. The highest BCUT2D eigenvalue weighted by Gasteiger charge is 2.46. The first-order valence-corrected chi connectivity index (χ1v) is 11.0. The lowest BCUT2D eigenvalue weighted by Crippen LogP contribution is -2.51. The van der Waals surface area contributed by atoms with E-state index in [2.05, 4.69) is 15.5 Å². The van der Waals surface area contributed by atoms with Gasteiger partial charge in [0, 0.05) is 18.1 Å². The van der Waals surface area contributed by atoms with Crippen LogP contribution in [-0.4, -0.2) is 40.0 Å². The Kier molecular flexibility index (Phi) is 5.64. The van der Waals surface area contributed by atoms with Crippen molar-refractivity contribution < 1.29 is 9.59 Å². The molecule has 1 saturated heterocycles. The molecule has 0 radical (unpaired) electrons. The Balaban J connectivity index is 1.51. The third-order valence-electron chi connectivity index (χ3n) is 5.93. The van der Waals surface area contributed by atoms with E-state index >= 15 is 0 Å². The average molecular weight is 419 g/mol. The van der Waals surface area contributed by atoms with Gasteiger partial charge in [0.15, 0.2) is 0 Å². The van der Waals surface area contributed by atoms with E-state index in [0.29, 0.717) is 23.2 Å². The minimum atomic E-state index is -0.484. The van der Waals surface area contributed by atoms with Crippen molar-refractivity contribution in [1.29, 1.82) is 0 Å². The average Bonchev–Trinajstić information content (AvgIpc) is 3.41. The molecule has 1 N–H and O–H groups in total. The first-order chi connectivity index (χ1) is 13.6. The summed E-state index contributed by atoms with van der Waals surface area (Å²) in [6, 6.07) is 7.68. The quantitative estimate of drug-likeness (QED) is 0.817. The summed E-state index contributed by atoms with van der Waals surface area (Å²) in [7, 11) is 0. The summed E-state index contributed by atoms with van der Waals surface area (Å²) >= 11 is 7.35. The summed E-state index contributed by atoms with van der Waals surface area (Å²) in [5.74, 6) is -0.146. The molecular formula is C20H23ClN4O2S. The van der Waals surface area contributed by atoms with Crippen LogP contribution in [0.5, 0.6) is 0 Å². The normalized spacial score (nSPS) is 21.5. The highest BCUT2D eigenvalue weighted by molar-refractivity contribution is 7.13. The van der Waals surface area contributed by atoms with E-state index < -0.39 is 5.41 Å². The number of carbonyl (C=O) groups is 2. The van der Waals surface area contributed by atoms with Gasteiger partial charge in [0.2, 0.25) is 16.9 Å². The van der Waals surface area contributed by atoms with Crippen LogP contribution in [-0.2, 0) is 15.0 Å². The number of halogens is 1. The van der Waals surface area contributed by atoms with Crippen molar-refractivity contribution in [3.8, 4) is 0 Å². The molecule has 1 aromatic heterocycles. The number of aromatic nitrogens is 2. The van der Waals surface area contributed by atoms with E-state index in [4.69, 9.17) is 11.6 Å². The van der Waals surface area contributed by atoms with Crippen LogP contribution in [0.1, 0.15) is 44.1 Å². The predicted octanol–water partition coefficient (Wildman–Crippen LogP) is 3.88. The molecule has 28 heavy (non-hydrogen) atoms. The van der Waals surface area contributed by atoms with Crippen molar-refractivity contribution in [2.24, 2.45) is 5.92 Å². The first-order valence-electron chi connectivity index (χ1n) is 9.71. The lowest BCUT2D eigenvalue weighted by atomic mass is 9.77. The smallest absolute Gasteiger partial charge is 0.233 e. The van der Waals surface area contributed by atoms with Crippen molar-refractivity contribution in [1.82, 2.24) is 15.1 Å². The van der Waals surface area contributed by atoms with Gasteiger partial charge in [-0.3, -0.25) is 9.59 Å². The fraction of sp³-hybridized carbons (Fsp3) is 0.500. The highest BCUT2D eigenvalue weighted by Crippen LogP contribution is 2.43. The summed E-state index contributed by atoms with van der Waals surface area (Å²) in [6.45, 7) is 1.16. The second-order valence-corrected chi connectivity index (χ2v) is 8.89. The maximum Gasteiger partial charge on any atom is 0.233 e. The number of carbonyl (C=O) groups excluding carboxylic acids is 2. The zero-order valence-corrected chi connectivity index (χ0v) is 17.1. The van der Waals surface area contributed by atoms with Gasteiger partial charge in [-0.25, -0.2) is 0 Å². The lowest BCUT2D eigenvalue weighted by Gasteiger charge is -2.39. The maximum absolute atomic E-state index is 13.6. The Labute approximate surface area is 173 Å². The van der Waals surface area contributed by atoms with E-state index in [1.54, 1.807) is 5.51 Å². The lowest BCUT2D eigenvalue weighted by molar-refractivity contribution is -0.140. The molecule has 0 spiro atoms. The van der Waals surface area contributed by atoms with Crippen LogP contribution in [0.3, 0.4) is 0 Å². The van der Waals surface area contributed by atoms with Gasteiger partial charge in [-0.05, 0) is 43.4 Å². The molecule has 1 atom stereocenters. The zero-order valence-electron chi connectivity index (χ0n) is 15.6. The monoisotopic (exact) mass is 418 g/mol. The van der Waals surface area contributed by atoms with Gasteiger partial charge in [0.25, 0.3) is 0 Å². The molecule has 2 amide bonds. The molecule has 1 aromatic carbocycles. The van der Waals surface area contributed by atoms with Gasteiger partial charge in [-0.15, -0.1) is 10.2 Å². The number of nitrogens with zero attached hydrogens (tertiary/aromatic N) is 3. The molecule has 0 unspecified atom stereocenters. The Bertz CT molecular complexity index is 834. The maximum atomic E-state index is 13.6. The van der Waals surface area contributed by atoms with Gasteiger partial charge in [0.05, 0.1) is 11.3 Å². The van der Waals surface area contributed by atoms with Gasteiger partial charge < -0.3 is 10.2 Å². The Morgan fingerprint density at radius 2 is 1.93 bits per heavy atom. The highest BCUT2D eigenvalue weighted by atomic mass is 35.5. The van der Waals surface area contributed by atoms with Crippen LogP contribution < -0.4 is 5.32 Å². The summed E-state index contributed by atoms with van der Waals surface area (Å²) in [5.41, 5.74) is 2.14. The van der Waals surface area contributed by atoms with Crippen LogP contribution in [0.15, 0.2) is 29.8 Å². The van der Waals surface area contributed by atoms with Crippen molar-refractivity contribution in [2.45, 2.75) is 43.9 Å². The minimum Gasteiger partial charge on any atom is -0.341 e. The largest absolute Gasteiger partial charge is 0.341 e. The summed E-state index contributed by atoms with van der Waals surface area (Å²) < 4.78 is 0. The summed E-state index contributed by atoms with van der Waals surface area (Å²) in [5, 5.41) is 11.6. The molecule has 2 aliphatic rings. The molecule has 2 heterocycles. The van der Waals surface area contributed by atoms with Gasteiger partial charge in [0.1, 0.15) is 5.51 Å². The summed E-state index contributed by atoms with van der Waals surface area (Å²) in [6.07, 6.45) is 5.41. The third-order valence-corrected chi connectivity index (χ3v) is 6.79. The Hall–Kier alpha value is -1.99. The number of likely N-dealkylation sites (tertiary alicyclic amines) is 1. The van der Waals surface area contributed by atoms with Crippen molar-refractivity contribution in [3.05, 3.63) is 40.4 Å². The van der Waals surface area contributed by atoms with Crippen molar-refractivity contribution >= 4 is 39.9 Å². The number of anilines is 1. The molecule has 1 aliphatic heterocycles. The standard InChI is InChI=1S/C20H23ClN4O2S/c21-16-7-5-15(6-8-16)20(9-1-2-10-20)18(27)25-11-3-4-14(12-25)17(26)23-19-24-22-13-28-19/h5-8,13-14H,1-4,9-12H2,(H,23,24,26)/t14-/m1/s1. The number of hydrogen-bond donors (Lipinski definition) is 1. The van der Waals surface area contributed by atoms with Crippen LogP contribution >= 0.6 is 22.9 Å². The molecule has 2 aromatic rings. The number of piperidine rings is 1. The second kappa shape index (κ2) is 8.17. The molecule has 1 saturated carbocycles. The molecule has 8 heteroatoms. The second-order valence-electron chi connectivity index (χ2n) is 7.62. The number of rotatable bonds is 4. The fourth-order valence-electron chi connectivity index (χ4n) is 4.49. The summed E-state index contributed by atoms with van der Waals surface area (Å²) in [4.78, 5) is 28.1. The third kappa shape index (κ3) is 3.78. The molecule has 6 nitrogen and oxygen atoms in total. The minimum absolute atomic E-state index is 0.0822. The molecule has 4 rings (SSSR count). The molecule has 148 valence electrons. The molecular weight excluding hydrogens is 396 g/mol.